The van der Waals surface area contributed by atoms with Crippen molar-refractivity contribution in [3.8, 4) is 5.75 Å². The molecule has 1 fully saturated rings. The van der Waals surface area contributed by atoms with Crippen molar-refractivity contribution in [3.05, 3.63) is 23.8 Å². The number of hydrogen-bond acceptors (Lipinski definition) is 4. The van der Waals surface area contributed by atoms with Crippen LogP contribution in [0.3, 0.4) is 0 Å². The van der Waals surface area contributed by atoms with Crippen LogP contribution in [0.1, 0.15) is 25.8 Å². The number of carbonyl (C=O) groups excluding carboxylic acids is 1. The maximum absolute atomic E-state index is 12.0. The summed E-state index contributed by atoms with van der Waals surface area (Å²) in [6, 6.07) is 5.80. The van der Waals surface area contributed by atoms with E-state index in [-0.39, 0.29) is 30.5 Å². The molecule has 1 atom stereocenters. The van der Waals surface area contributed by atoms with Crippen molar-refractivity contribution in [1.82, 2.24) is 5.32 Å². The molecule has 1 amide bonds. The lowest BCUT2D eigenvalue weighted by Gasteiger charge is -2.23. The summed E-state index contributed by atoms with van der Waals surface area (Å²) < 4.78 is 11.0. The van der Waals surface area contributed by atoms with Gasteiger partial charge in [-0.15, -0.1) is 12.4 Å². The number of carbonyl (C=O) groups is 1. The van der Waals surface area contributed by atoms with E-state index in [9.17, 15) is 4.79 Å². The van der Waals surface area contributed by atoms with Gasteiger partial charge in [-0.1, -0.05) is 0 Å². The second-order valence-corrected chi connectivity index (χ2v) is 5.63. The van der Waals surface area contributed by atoms with Crippen LogP contribution in [0.5, 0.6) is 5.75 Å². The number of anilines is 1. The lowest BCUT2D eigenvalue weighted by molar-refractivity contribution is -0.117. The fourth-order valence-electron chi connectivity index (χ4n) is 2.30. The molecule has 0 aliphatic carbocycles. The molecule has 5 nitrogen and oxygen atoms in total. The number of hydrogen-bond donors (Lipinski definition) is 2. The van der Waals surface area contributed by atoms with Crippen LogP contribution >= 0.6 is 12.4 Å². The normalized spacial score (nSPS) is 17.7. The van der Waals surface area contributed by atoms with E-state index >= 15 is 0 Å². The monoisotopic (exact) mass is 328 g/mol. The summed E-state index contributed by atoms with van der Waals surface area (Å²) in [5, 5.41) is 6.19. The van der Waals surface area contributed by atoms with E-state index in [2.05, 4.69) is 10.6 Å². The van der Waals surface area contributed by atoms with Crippen LogP contribution in [0.15, 0.2) is 18.2 Å². The molecule has 1 heterocycles. The van der Waals surface area contributed by atoms with E-state index in [4.69, 9.17) is 9.47 Å². The Morgan fingerprint density at radius 2 is 2.27 bits per heavy atom. The quantitative estimate of drug-likeness (QED) is 0.872. The molecule has 0 saturated carbocycles. The molecule has 1 aromatic carbocycles. The summed E-state index contributed by atoms with van der Waals surface area (Å²) in [5.74, 6) is 0.847. The van der Waals surface area contributed by atoms with Crippen LogP contribution in [0.4, 0.5) is 5.69 Å². The summed E-state index contributed by atoms with van der Waals surface area (Å²) in [7, 11) is 0. The minimum atomic E-state index is -0.00470. The van der Waals surface area contributed by atoms with Crippen molar-refractivity contribution in [2.45, 2.75) is 39.3 Å². The van der Waals surface area contributed by atoms with E-state index < -0.39 is 0 Å². The Kier molecular flexibility index (Phi) is 7.65. The van der Waals surface area contributed by atoms with E-state index in [0.717, 1.165) is 23.5 Å². The van der Waals surface area contributed by atoms with Crippen LogP contribution < -0.4 is 15.4 Å². The fraction of sp³-hybridized carbons (Fsp3) is 0.562. The first-order chi connectivity index (χ1) is 10.0. The van der Waals surface area contributed by atoms with Gasteiger partial charge < -0.3 is 20.1 Å². The first-order valence-corrected chi connectivity index (χ1v) is 7.43. The van der Waals surface area contributed by atoms with Gasteiger partial charge in [0, 0.05) is 24.7 Å². The highest BCUT2D eigenvalue weighted by molar-refractivity contribution is 5.91. The molecule has 6 heteroatoms. The molecule has 2 N–H and O–H groups in total. The molecule has 22 heavy (non-hydrogen) atoms. The zero-order chi connectivity index (χ0) is 15.2. The third kappa shape index (κ3) is 5.83. The van der Waals surface area contributed by atoms with Gasteiger partial charge in [-0.05, 0) is 44.5 Å². The second-order valence-electron chi connectivity index (χ2n) is 5.63. The lowest BCUT2D eigenvalue weighted by Crippen LogP contribution is -2.43. The van der Waals surface area contributed by atoms with Gasteiger partial charge >= 0.3 is 0 Å². The number of halogens is 1. The van der Waals surface area contributed by atoms with Gasteiger partial charge in [0.1, 0.15) is 5.75 Å². The molecule has 0 radical (unpaired) electrons. The fourth-order valence-corrected chi connectivity index (χ4v) is 2.30. The molecule has 1 aliphatic rings. The van der Waals surface area contributed by atoms with Crippen molar-refractivity contribution < 1.29 is 14.3 Å². The zero-order valence-electron chi connectivity index (χ0n) is 13.3. The largest absolute Gasteiger partial charge is 0.491 e. The molecule has 0 bridgehead atoms. The molecule has 2 rings (SSSR count). The molecule has 0 aromatic heterocycles. The first-order valence-electron chi connectivity index (χ1n) is 7.43. The Morgan fingerprint density at radius 1 is 1.50 bits per heavy atom. The number of ether oxygens (including phenoxy) is 2. The van der Waals surface area contributed by atoms with Gasteiger partial charge in [0.2, 0.25) is 5.91 Å². The SMILES string of the molecule is Cc1cc(NC(=O)CC2COCCN2)ccc1OC(C)C.Cl. The standard InChI is InChI=1S/C16H24N2O3.ClH/c1-11(2)21-15-5-4-13(8-12(15)3)18-16(19)9-14-10-20-7-6-17-14;/h4-5,8,11,14,17H,6-7,9-10H2,1-3H3,(H,18,19);1H. The van der Waals surface area contributed by atoms with Crippen molar-refractivity contribution in [3.63, 3.8) is 0 Å². The Hall–Kier alpha value is -1.30. The number of benzene rings is 1. The third-order valence-corrected chi connectivity index (χ3v) is 3.25. The number of amides is 1. The summed E-state index contributed by atoms with van der Waals surface area (Å²) in [4.78, 5) is 12.0. The summed E-state index contributed by atoms with van der Waals surface area (Å²) in [5.41, 5.74) is 1.81. The molecule has 124 valence electrons. The molecule has 1 unspecified atom stereocenters. The molecular weight excluding hydrogens is 304 g/mol. The van der Waals surface area contributed by atoms with E-state index in [1.807, 2.05) is 39.0 Å². The highest BCUT2D eigenvalue weighted by Gasteiger charge is 2.17. The number of nitrogens with one attached hydrogen (secondary N) is 2. The smallest absolute Gasteiger partial charge is 0.226 e. The molecular formula is C16H25ClN2O3. The number of aryl methyl sites for hydroxylation is 1. The van der Waals surface area contributed by atoms with Crippen molar-refractivity contribution in [1.29, 1.82) is 0 Å². The highest BCUT2D eigenvalue weighted by Crippen LogP contribution is 2.23. The maximum Gasteiger partial charge on any atom is 0.226 e. The van der Waals surface area contributed by atoms with Crippen LogP contribution in [0.25, 0.3) is 0 Å². The molecule has 0 spiro atoms. The first kappa shape index (κ1) is 18.7. The zero-order valence-corrected chi connectivity index (χ0v) is 14.2. The van der Waals surface area contributed by atoms with Gasteiger partial charge in [-0.25, -0.2) is 0 Å². The van der Waals surface area contributed by atoms with Gasteiger partial charge in [-0.2, -0.15) is 0 Å². The average molecular weight is 329 g/mol. The van der Waals surface area contributed by atoms with Crippen molar-refractivity contribution >= 4 is 24.0 Å². The summed E-state index contributed by atoms with van der Waals surface area (Å²) >= 11 is 0. The predicted octanol–water partition coefficient (Wildman–Crippen LogP) is 2.52. The van der Waals surface area contributed by atoms with Gasteiger partial charge in [0.05, 0.1) is 19.3 Å². The second kappa shape index (κ2) is 8.98. The number of rotatable bonds is 5. The molecule has 1 saturated heterocycles. The topological polar surface area (TPSA) is 59.6 Å². The molecule has 1 aliphatic heterocycles. The molecule has 1 aromatic rings. The maximum atomic E-state index is 12.0. The van der Waals surface area contributed by atoms with Crippen LogP contribution in [-0.2, 0) is 9.53 Å². The predicted molar refractivity (Wildman–Crippen MR) is 90.0 cm³/mol. The van der Waals surface area contributed by atoms with Gasteiger partial charge in [0.25, 0.3) is 0 Å². The van der Waals surface area contributed by atoms with E-state index in [1.54, 1.807) is 0 Å². The third-order valence-electron chi connectivity index (χ3n) is 3.25. The van der Waals surface area contributed by atoms with Crippen molar-refractivity contribution in [2.24, 2.45) is 0 Å². The lowest BCUT2D eigenvalue weighted by atomic mass is 10.1. The van der Waals surface area contributed by atoms with Crippen LogP contribution in [0.2, 0.25) is 0 Å². The van der Waals surface area contributed by atoms with Gasteiger partial charge in [-0.3, -0.25) is 4.79 Å². The van der Waals surface area contributed by atoms with Crippen molar-refractivity contribution in [2.75, 3.05) is 25.1 Å². The Morgan fingerprint density at radius 3 is 2.86 bits per heavy atom. The Labute approximate surface area is 138 Å². The minimum absolute atomic E-state index is 0. The average Bonchev–Trinajstić information content (AvgIpc) is 2.42. The number of morpholine rings is 1. The van der Waals surface area contributed by atoms with E-state index in [0.29, 0.717) is 19.6 Å². The summed E-state index contributed by atoms with van der Waals surface area (Å²) in [6.45, 7) is 8.08. The highest BCUT2D eigenvalue weighted by atomic mass is 35.5. The summed E-state index contributed by atoms with van der Waals surface area (Å²) in [6.07, 6.45) is 0.560. The van der Waals surface area contributed by atoms with Crippen LogP contribution in [-0.4, -0.2) is 37.8 Å². The van der Waals surface area contributed by atoms with E-state index in [1.165, 1.54) is 0 Å². The Bertz CT molecular complexity index is 488. The Balaban J connectivity index is 0.00000242. The van der Waals surface area contributed by atoms with Crippen LogP contribution in [0, 0.1) is 6.92 Å². The van der Waals surface area contributed by atoms with Gasteiger partial charge in [0.15, 0.2) is 0 Å². The minimum Gasteiger partial charge on any atom is -0.491 e.